The molecular formula is C15H16O7W. The third kappa shape index (κ3) is 17.1. The molecule has 0 bridgehead atoms. The second-order valence-corrected chi connectivity index (χ2v) is 4.84. The van der Waals surface area contributed by atoms with Gasteiger partial charge in [0, 0.05) is 0 Å². The number of ether oxygens (including phenoxy) is 2. The molecule has 3 atom stereocenters. The van der Waals surface area contributed by atoms with E-state index >= 15 is 0 Å². The van der Waals surface area contributed by atoms with Crippen molar-refractivity contribution in [2.45, 2.75) is 19.4 Å². The minimum absolute atomic E-state index is 0.205. The van der Waals surface area contributed by atoms with Gasteiger partial charge in [0.25, 0.3) is 0 Å². The first kappa shape index (κ1) is 33.5. The molecule has 1 rings (SSSR count). The fourth-order valence-electron chi connectivity index (χ4n) is 1.75. The van der Waals surface area contributed by atoms with Gasteiger partial charge in [0.1, 0.15) is 0 Å². The van der Waals surface area contributed by atoms with Crippen molar-refractivity contribution in [2.24, 2.45) is 11.8 Å². The van der Waals surface area contributed by atoms with Crippen LogP contribution in [0.4, 0.5) is 0 Å². The van der Waals surface area contributed by atoms with Crippen LogP contribution in [0.2, 0.25) is 0 Å². The molecule has 0 spiro atoms. The molecule has 0 N–H and O–H groups in total. The van der Waals surface area contributed by atoms with Gasteiger partial charge >= 0.3 is 147 Å². The number of allylic oxidation sites excluding steroid dienone is 1. The van der Waals surface area contributed by atoms with E-state index in [1.54, 1.807) is 14.2 Å². The molecule has 7 nitrogen and oxygen atoms in total. The third-order valence-corrected chi connectivity index (χ3v) is 4.12. The zero-order valence-corrected chi connectivity index (χ0v) is 15.8. The molecule has 0 heterocycles. The average molecular weight is 492 g/mol. The van der Waals surface area contributed by atoms with Crippen LogP contribution < -0.4 is 0 Å². The molecule has 0 unspecified atom stereocenters. The van der Waals surface area contributed by atoms with Gasteiger partial charge in [0.2, 0.25) is 0 Å². The van der Waals surface area contributed by atoms with Crippen LogP contribution in [-0.2, 0) is 52.1 Å². The van der Waals surface area contributed by atoms with Crippen molar-refractivity contribution in [1.82, 2.24) is 0 Å². The van der Waals surface area contributed by atoms with Crippen LogP contribution in [0.1, 0.15) is 13.3 Å². The molecule has 1 aliphatic rings. The summed E-state index contributed by atoms with van der Waals surface area (Å²) in [6.45, 7) is 24.8. The van der Waals surface area contributed by atoms with Crippen molar-refractivity contribution in [2.75, 3.05) is 14.2 Å². The predicted molar refractivity (Wildman–Crippen MR) is 68.9 cm³/mol. The molecule has 0 aromatic rings. The molecule has 8 heteroatoms. The average Bonchev–Trinajstić information content (AvgIpc) is 2.69. The number of hydrogen-bond donors (Lipinski definition) is 0. The van der Waals surface area contributed by atoms with Gasteiger partial charge in [-0.25, -0.2) is 0 Å². The first-order chi connectivity index (χ1) is 11.2. The quantitative estimate of drug-likeness (QED) is 0.336. The summed E-state index contributed by atoms with van der Waals surface area (Å²) in [4.78, 5) is 0. The maximum absolute atomic E-state index is 7.50. The summed E-state index contributed by atoms with van der Waals surface area (Å²) >= 11 is 1.41. The molecule has 0 saturated carbocycles. The first-order valence-electron chi connectivity index (χ1n) is 5.50. The fraction of sp³-hybridized carbons (Fsp3) is 0.467. The van der Waals surface area contributed by atoms with Gasteiger partial charge < -0.3 is 0 Å². The van der Waals surface area contributed by atoms with E-state index in [9.17, 15) is 0 Å². The zero-order valence-electron chi connectivity index (χ0n) is 12.9. The normalized spacial score (nSPS) is 19.3. The molecule has 0 aliphatic heterocycles. The summed E-state index contributed by atoms with van der Waals surface area (Å²) in [6.07, 6.45) is 5.68. The Morgan fingerprint density at radius 3 is 1.65 bits per heavy atom. The Bertz CT molecular complexity index is 358. The topological polar surface area (TPSA) is 118 Å². The SMILES string of the molecule is CO[C](=[W])[C@H]1[C@@H](OC)C=CC[C@@H]1C.[C-]#[O+].[C-]#[O+].[C-]#[O+].[C-]#[O+].[C-]#[O+]. The van der Waals surface area contributed by atoms with Crippen LogP contribution in [0.15, 0.2) is 12.2 Å². The molecule has 1 aliphatic carbocycles. The van der Waals surface area contributed by atoms with Crippen molar-refractivity contribution in [3.8, 4) is 0 Å². The summed E-state index contributed by atoms with van der Waals surface area (Å²) in [5.41, 5.74) is 0. The third-order valence-electron chi connectivity index (χ3n) is 2.55. The van der Waals surface area contributed by atoms with Crippen molar-refractivity contribution in [1.29, 1.82) is 0 Å². The van der Waals surface area contributed by atoms with Gasteiger partial charge in [-0.3, -0.25) is 0 Å². The summed E-state index contributed by atoms with van der Waals surface area (Å²) in [6, 6.07) is 0. The van der Waals surface area contributed by atoms with E-state index in [0.717, 1.165) is 10.5 Å². The van der Waals surface area contributed by atoms with Gasteiger partial charge in [-0.05, 0) is 0 Å². The van der Waals surface area contributed by atoms with Crippen molar-refractivity contribution >= 4 is 4.08 Å². The van der Waals surface area contributed by atoms with Crippen LogP contribution in [-0.4, -0.2) is 24.4 Å². The Labute approximate surface area is 147 Å². The van der Waals surface area contributed by atoms with Gasteiger partial charge in [0.05, 0.1) is 0 Å². The molecule has 0 radical (unpaired) electrons. The molecule has 23 heavy (non-hydrogen) atoms. The Morgan fingerprint density at radius 2 is 1.35 bits per heavy atom. The first-order valence-corrected chi connectivity index (χ1v) is 6.96. The summed E-state index contributed by atoms with van der Waals surface area (Å²) in [5, 5.41) is 0. The molecule has 0 aromatic heterocycles. The van der Waals surface area contributed by atoms with Gasteiger partial charge in [-0.2, -0.15) is 0 Å². The molecular weight excluding hydrogens is 476 g/mol. The van der Waals surface area contributed by atoms with Crippen molar-refractivity contribution < 1.29 is 52.1 Å². The Hall–Kier alpha value is -1.08. The van der Waals surface area contributed by atoms with E-state index in [1.165, 1.54) is 19.4 Å². The van der Waals surface area contributed by atoms with Crippen LogP contribution in [0.3, 0.4) is 0 Å². The Kier molecular flexibility index (Phi) is 47.7. The second-order valence-electron chi connectivity index (χ2n) is 3.39. The summed E-state index contributed by atoms with van der Waals surface area (Å²) < 4.78 is 49.4. The minimum atomic E-state index is 0.205. The number of rotatable bonds is 3. The number of methoxy groups -OCH3 is 2. The van der Waals surface area contributed by atoms with E-state index in [2.05, 4.69) is 52.3 Å². The summed E-state index contributed by atoms with van der Waals surface area (Å²) in [5.74, 6) is 1.07. The Balaban J connectivity index is -0.0000000923. The standard InChI is InChI=1S/C10H16O2.5CO.W/c1-8-5-4-6-10(12-3)9(8)7-11-2;5*1-2;/h4,6,8-10H,5H2,1-3H3;;;;;;/t8-,9+,10-;;;;;;/m0....../s1. The molecule has 0 fully saturated rings. The second kappa shape index (κ2) is 32.8. The van der Waals surface area contributed by atoms with Crippen LogP contribution in [0.5, 0.6) is 0 Å². The van der Waals surface area contributed by atoms with Gasteiger partial charge in [0.15, 0.2) is 0 Å². The van der Waals surface area contributed by atoms with Crippen LogP contribution in [0.25, 0.3) is 0 Å². The Morgan fingerprint density at radius 1 is 0.957 bits per heavy atom. The van der Waals surface area contributed by atoms with Crippen LogP contribution in [0, 0.1) is 45.1 Å². The van der Waals surface area contributed by atoms with E-state index in [1.807, 2.05) is 0 Å². The fourth-order valence-corrected chi connectivity index (χ4v) is 3.06. The molecule has 0 amide bonds. The van der Waals surface area contributed by atoms with Gasteiger partial charge in [-0.1, -0.05) is 0 Å². The van der Waals surface area contributed by atoms with E-state index in [-0.39, 0.29) is 6.10 Å². The van der Waals surface area contributed by atoms with Crippen LogP contribution >= 0.6 is 0 Å². The monoisotopic (exact) mass is 492 g/mol. The van der Waals surface area contributed by atoms with E-state index in [4.69, 9.17) is 32.7 Å². The van der Waals surface area contributed by atoms with Gasteiger partial charge in [-0.15, -0.1) is 0 Å². The predicted octanol–water partition coefficient (Wildman–Crippen LogP) is 1.35. The van der Waals surface area contributed by atoms with E-state index in [0.29, 0.717) is 11.8 Å². The van der Waals surface area contributed by atoms with Crippen molar-refractivity contribution in [3.63, 3.8) is 0 Å². The van der Waals surface area contributed by atoms with E-state index < -0.39 is 0 Å². The maximum atomic E-state index is 7.50. The zero-order chi connectivity index (χ0) is 19.8. The molecule has 124 valence electrons. The summed E-state index contributed by atoms with van der Waals surface area (Å²) in [7, 11) is 3.51. The molecule has 0 saturated heterocycles. The van der Waals surface area contributed by atoms with Crippen molar-refractivity contribution in [3.05, 3.63) is 45.4 Å². The molecule has 0 aromatic carbocycles. The number of hydrogen-bond acceptors (Lipinski definition) is 2.